The minimum Gasteiger partial charge on any atom is -0.368 e. The highest BCUT2D eigenvalue weighted by Gasteiger charge is 2.57. The number of hydrogen-bond donors (Lipinski definition) is 5. The van der Waals surface area contributed by atoms with Crippen molar-refractivity contribution in [3.63, 3.8) is 0 Å². The molecule has 0 aliphatic heterocycles. The number of rotatable bonds is 5. The summed E-state index contributed by atoms with van der Waals surface area (Å²) in [5, 5.41) is 6.33. The van der Waals surface area contributed by atoms with Gasteiger partial charge in [0.25, 0.3) is 5.08 Å². The molecule has 0 spiro atoms. The van der Waals surface area contributed by atoms with Gasteiger partial charge in [-0.2, -0.15) is 0 Å². The minimum absolute atomic E-state index is 0. The smallest absolute Gasteiger partial charge is 0.368 e. The Balaban J connectivity index is 0. The summed E-state index contributed by atoms with van der Waals surface area (Å²) < 4.78 is 27.2. The fourth-order valence-corrected chi connectivity index (χ4v) is 3.08. The molecule has 2 atom stereocenters. The molecule has 20 heavy (non-hydrogen) atoms. The number of halogens is 1. The molecule has 1 rings (SSSR count). The van der Waals surface area contributed by atoms with E-state index in [1.807, 2.05) is 0 Å². The van der Waals surface area contributed by atoms with E-state index >= 15 is 0 Å². The van der Waals surface area contributed by atoms with Crippen LogP contribution in [0.5, 0.6) is 0 Å². The zero-order valence-electron chi connectivity index (χ0n) is 10.6. The topological polar surface area (TPSA) is 159 Å². The van der Waals surface area contributed by atoms with Crippen LogP contribution in [0.15, 0.2) is 30.3 Å². The van der Waals surface area contributed by atoms with Crippen molar-refractivity contribution in [3.8, 4) is 0 Å². The minimum atomic E-state index is -5.19. The molecule has 0 aliphatic rings. The molecule has 0 fully saturated rings. The van der Waals surface area contributed by atoms with Crippen molar-refractivity contribution in [2.75, 3.05) is 0 Å². The second-order valence-electron chi connectivity index (χ2n) is 3.79. The molecule has 0 radical (unpaired) electrons. The van der Waals surface area contributed by atoms with E-state index in [9.17, 15) is 19.1 Å². The predicted molar refractivity (Wildman–Crippen MR) is 76.0 cm³/mol. The van der Waals surface area contributed by atoms with Crippen molar-refractivity contribution in [2.24, 2.45) is 0 Å². The fourth-order valence-electron chi connectivity index (χ4n) is 1.02. The SMILES string of the molecule is CC(O)(P(=O)(O)O)P(=O)(O)OCc1ccccc1.Cl.N. The van der Waals surface area contributed by atoms with Crippen LogP contribution in [0.25, 0.3) is 0 Å². The van der Waals surface area contributed by atoms with E-state index in [0.717, 1.165) is 0 Å². The van der Waals surface area contributed by atoms with Crippen LogP contribution in [0.3, 0.4) is 0 Å². The first-order valence-corrected chi connectivity index (χ1v) is 8.06. The van der Waals surface area contributed by atoms with E-state index in [1.54, 1.807) is 30.3 Å². The van der Waals surface area contributed by atoms with Crippen LogP contribution in [-0.4, -0.2) is 24.9 Å². The third kappa shape index (κ3) is 4.93. The monoisotopic (exact) mass is 349 g/mol. The van der Waals surface area contributed by atoms with Crippen molar-refractivity contribution in [3.05, 3.63) is 35.9 Å². The average Bonchev–Trinajstić information content (AvgIpc) is 2.26. The Hall–Kier alpha value is -0.270. The molecule has 8 nitrogen and oxygen atoms in total. The molecular weight excluding hydrogens is 332 g/mol. The zero-order chi connectivity index (χ0) is 14.0. The lowest BCUT2D eigenvalue weighted by atomic mass is 10.2. The van der Waals surface area contributed by atoms with Crippen LogP contribution in [0.1, 0.15) is 12.5 Å². The lowest BCUT2D eigenvalue weighted by molar-refractivity contribution is 0.125. The summed E-state index contributed by atoms with van der Waals surface area (Å²) in [7, 11) is -10.1. The largest absolute Gasteiger partial charge is 0.372 e. The first-order chi connectivity index (χ1) is 8.08. The molecule has 0 saturated carbocycles. The third-order valence-electron chi connectivity index (χ3n) is 2.34. The van der Waals surface area contributed by atoms with Crippen molar-refractivity contribution in [1.29, 1.82) is 0 Å². The summed E-state index contributed by atoms with van der Waals surface area (Å²) in [6, 6.07) is 8.27. The van der Waals surface area contributed by atoms with Gasteiger partial charge < -0.3 is 30.5 Å². The Morgan fingerprint density at radius 3 is 2.00 bits per heavy atom. The van der Waals surface area contributed by atoms with E-state index in [0.29, 0.717) is 12.5 Å². The summed E-state index contributed by atoms with van der Waals surface area (Å²) in [6.07, 6.45) is 0. The molecule has 0 heterocycles. The van der Waals surface area contributed by atoms with Crippen LogP contribution in [0.4, 0.5) is 0 Å². The summed E-state index contributed by atoms with van der Waals surface area (Å²) in [6.45, 7) is 0.227. The van der Waals surface area contributed by atoms with Gasteiger partial charge in [0.2, 0.25) is 0 Å². The van der Waals surface area contributed by atoms with Crippen molar-refractivity contribution in [2.45, 2.75) is 18.6 Å². The molecule has 2 unspecified atom stereocenters. The molecule has 1 aromatic rings. The maximum atomic E-state index is 11.6. The Kier molecular flexibility index (Phi) is 8.43. The molecule has 0 aliphatic carbocycles. The van der Waals surface area contributed by atoms with Crippen molar-refractivity contribution < 1.29 is 33.4 Å². The number of aliphatic hydroxyl groups is 1. The highest BCUT2D eigenvalue weighted by atomic mass is 35.5. The molecule has 7 N–H and O–H groups in total. The molecule has 0 aromatic heterocycles. The molecule has 0 amide bonds. The van der Waals surface area contributed by atoms with Gasteiger partial charge in [0.1, 0.15) is 0 Å². The van der Waals surface area contributed by atoms with Crippen molar-refractivity contribution in [1.82, 2.24) is 6.15 Å². The second-order valence-corrected chi connectivity index (χ2v) is 8.28. The van der Waals surface area contributed by atoms with E-state index in [1.165, 1.54) is 0 Å². The summed E-state index contributed by atoms with van der Waals surface area (Å²) in [5.74, 6) is 0. The van der Waals surface area contributed by atoms with Crippen LogP contribution < -0.4 is 6.15 Å². The summed E-state index contributed by atoms with van der Waals surface area (Å²) in [5.41, 5.74) is 0.535. The molecule has 0 bridgehead atoms. The van der Waals surface area contributed by atoms with Gasteiger partial charge in [0.05, 0.1) is 6.61 Å². The second kappa shape index (κ2) is 7.66. The van der Waals surface area contributed by atoms with Gasteiger partial charge in [0, 0.05) is 0 Å². The van der Waals surface area contributed by atoms with Gasteiger partial charge in [0.15, 0.2) is 0 Å². The maximum Gasteiger partial charge on any atom is 0.372 e. The van der Waals surface area contributed by atoms with Gasteiger partial charge in [-0.25, -0.2) is 0 Å². The van der Waals surface area contributed by atoms with E-state index in [2.05, 4.69) is 4.52 Å². The van der Waals surface area contributed by atoms with Crippen LogP contribution in [0.2, 0.25) is 0 Å². The van der Waals surface area contributed by atoms with Gasteiger partial charge >= 0.3 is 15.2 Å². The first-order valence-electron chi connectivity index (χ1n) is 4.87. The molecule has 0 saturated heterocycles. The Morgan fingerprint density at radius 2 is 1.60 bits per heavy atom. The highest BCUT2D eigenvalue weighted by Crippen LogP contribution is 2.69. The zero-order valence-corrected chi connectivity index (χ0v) is 13.2. The Labute approximate surface area is 122 Å². The van der Waals surface area contributed by atoms with Gasteiger partial charge in [-0.05, 0) is 12.5 Å². The Morgan fingerprint density at radius 1 is 1.15 bits per heavy atom. The van der Waals surface area contributed by atoms with Gasteiger partial charge in [-0.3, -0.25) is 9.13 Å². The first kappa shape index (κ1) is 22.0. The van der Waals surface area contributed by atoms with Crippen LogP contribution >= 0.6 is 27.6 Å². The maximum absolute atomic E-state index is 11.6. The quantitative estimate of drug-likeness (QED) is 0.503. The van der Waals surface area contributed by atoms with E-state index in [4.69, 9.17) is 9.79 Å². The van der Waals surface area contributed by atoms with Gasteiger partial charge in [-0.15, -0.1) is 12.4 Å². The molecular formula is C9H18ClNO7P2. The third-order valence-corrected chi connectivity index (χ3v) is 6.53. The van der Waals surface area contributed by atoms with Crippen LogP contribution in [0, 0.1) is 0 Å². The molecule has 1 aromatic carbocycles. The van der Waals surface area contributed by atoms with Gasteiger partial charge in [-0.1, -0.05) is 30.3 Å². The number of benzene rings is 1. The summed E-state index contributed by atoms with van der Waals surface area (Å²) in [4.78, 5) is 27.1. The average molecular weight is 350 g/mol. The molecule has 11 heteroatoms. The van der Waals surface area contributed by atoms with E-state index in [-0.39, 0.29) is 25.2 Å². The molecule has 118 valence electrons. The van der Waals surface area contributed by atoms with Crippen LogP contribution in [-0.2, 0) is 20.3 Å². The normalized spacial score (nSPS) is 17.1. The fraction of sp³-hybridized carbons (Fsp3) is 0.333. The predicted octanol–water partition coefficient (Wildman–Crippen LogP) is 1.82. The van der Waals surface area contributed by atoms with Crippen molar-refractivity contribution >= 4 is 27.6 Å². The standard InChI is InChI=1S/C9H14O7P2.ClH.H3N/c1-9(10,17(11,12)13)18(14,15)16-7-8-5-3-2-4-6-8;;/h2-6,10H,7H2,1H3,(H,14,15)(H2,11,12,13);1H;1H3. The summed E-state index contributed by atoms with van der Waals surface area (Å²) >= 11 is 0. The van der Waals surface area contributed by atoms with E-state index < -0.39 is 20.3 Å². The lowest BCUT2D eigenvalue weighted by Crippen LogP contribution is -2.25. The lowest BCUT2D eigenvalue weighted by Gasteiger charge is -2.28. The Bertz CT molecular complexity index is 504. The number of hydrogen-bond acceptors (Lipinski definition) is 5. The highest BCUT2D eigenvalue weighted by molar-refractivity contribution is 7.72.